The lowest BCUT2D eigenvalue weighted by Crippen LogP contribution is -2.37. The lowest BCUT2D eigenvalue weighted by molar-refractivity contribution is 1.63. The SMILES string of the molecule is C[Si](C)(C)c1ccc(C=Cc2cccc([Si](C)(C)C)c2)cc1. The van der Waals surface area contributed by atoms with Gasteiger partial charge in [-0.25, -0.2) is 0 Å². The fourth-order valence-corrected chi connectivity index (χ4v) is 4.76. The van der Waals surface area contributed by atoms with Crippen LogP contribution in [0.15, 0.2) is 48.5 Å². The topological polar surface area (TPSA) is 0 Å². The van der Waals surface area contributed by atoms with Gasteiger partial charge < -0.3 is 0 Å². The molecule has 2 aromatic rings. The van der Waals surface area contributed by atoms with Gasteiger partial charge in [0.05, 0.1) is 16.1 Å². The summed E-state index contributed by atoms with van der Waals surface area (Å²) >= 11 is 0. The van der Waals surface area contributed by atoms with E-state index in [2.05, 4.69) is 100.0 Å². The van der Waals surface area contributed by atoms with Crippen LogP contribution in [0.4, 0.5) is 0 Å². The van der Waals surface area contributed by atoms with Crippen molar-refractivity contribution in [3.63, 3.8) is 0 Å². The number of hydrogen-bond donors (Lipinski definition) is 0. The molecule has 0 aromatic heterocycles. The molecule has 0 aliphatic rings. The van der Waals surface area contributed by atoms with Crippen molar-refractivity contribution in [3.05, 3.63) is 59.7 Å². The van der Waals surface area contributed by atoms with Crippen molar-refractivity contribution in [2.75, 3.05) is 0 Å². The summed E-state index contributed by atoms with van der Waals surface area (Å²) in [6.45, 7) is 14.3. The van der Waals surface area contributed by atoms with Gasteiger partial charge in [0.1, 0.15) is 0 Å². The molecule has 0 saturated heterocycles. The third-order valence-corrected chi connectivity index (χ3v) is 8.11. The maximum Gasteiger partial charge on any atom is 0.0776 e. The summed E-state index contributed by atoms with van der Waals surface area (Å²) in [6, 6.07) is 18.1. The Hall–Kier alpha value is -1.39. The Kier molecular flexibility index (Phi) is 4.93. The summed E-state index contributed by atoms with van der Waals surface area (Å²) < 4.78 is 0. The van der Waals surface area contributed by atoms with Gasteiger partial charge in [-0.1, -0.05) is 110 Å². The van der Waals surface area contributed by atoms with Crippen LogP contribution >= 0.6 is 0 Å². The van der Waals surface area contributed by atoms with Gasteiger partial charge in [-0.2, -0.15) is 0 Å². The molecular formula is C20H28Si2. The molecular weight excluding hydrogens is 296 g/mol. The molecule has 2 rings (SSSR count). The van der Waals surface area contributed by atoms with Crippen molar-refractivity contribution >= 4 is 38.7 Å². The van der Waals surface area contributed by atoms with Crippen molar-refractivity contribution in [2.45, 2.75) is 39.3 Å². The van der Waals surface area contributed by atoms with Gasteiger partial charge in [0.15, 0.2) is 0 Å². The Morgan fingerprint density at radius 3 is 1.68 bits per heavy atom. The molecule has 2 heteroatoms. The summed E-state index contributed by atoms with van der Waals surface area (Å²) in [5.74, 6) is 0. The minimum absolute atomic E-state index is 1.19. The largest absolute Gasteiger partial charge is 0.0776 e. The minimum atomic E-state index is -1.23. The molecule has 0 radical (unpaired) electrons. The quantitative estimate of drug-likeness (QED) is 0.551. The third kappa shape index (κ3) is 4.55. The highest BCUT2D eigenvalue weighted by Gasteiger charge is 2.16. The van der Waals surface area contributed by atoms with Crippen molar-refractivity contribution in [3.8, 4) is 0 Å². The first-order chi connectivity index (χ1) is 10.2. The first kappa shape index (κ1) is 17.0. The summed E-state index contributed by atoms with van der Waals surface area (Å²) in [6.07, 6.45) is 4.45. The zero-order valence-electron chi connectivity index (χ0n) is 14.8. The number of benzene rings is 2. The molecule has 0 fully saturated rings. The van der Waals surface area contributed by atoms with Crippen LogP contribution in [-0.4, -0.2) is 16.1 Å². The molecule has 0 N–H and O–H groups in total. The molecule has 0 unspecified atom stereocenters. The van der Waals surface area contributed by atoms with Gasteiger partial charge in [-0.15, -0.1) is 0 Å². The van der Waals surface area contributed by atoms with Gasteiger partial charge >= 0.3 is 0 Å². The van der Waals surface area contributed by atoms with Crippen molar-refractivity contribution < 1.29 is 0 Å². The Bertz CT molecular complexity index is 653. The van der Waals surface area contributed by atoms with Gasteiger partial charge in [0, 0.05) is 0 Å². The molecule has 0 aliphatic heterocycles. The molecule has 22 heavy (non-hydrogen) atoms. The van der Waals surface area contributed by atoms with Crippen molar-refractivity contribution in [1.29, 1.82) is 0 Å². The van der Waals surface area contributed by atoms with Crippen LogP contribution in [0.25, 0.3) is 12.2 Å². The van der Waals surface area contributed by atoms with Crippen LogP contribution in [0.3, 0.4) is 0 Å². The maximum absolute atomic E-state index is 2.39. The van der Waals surface area contributed by atoms with Crippen LogP contribution in [0.5, 0.6) is 0 Å². The molecule has 0 nitrogen and oxygen atoms in total. The lowest BCUT2D eigenvalue weighted by atomic mass is 10.1. The van der Waals surface area contributed by atoms with Crippen LogP contribution in [0, 0.1) is 0 Å². The standard InChI is InChI=1S/C20H28Si2/c1-21(2,3)19-14-12-17(13-15-19)10-11-18-8-7-9-20(16-18)22(4,5)6/h7-16H,1-6H3. The van der Waals surface area contributed by atoms with E-state index in [0.717, 1.165) is 0 Å². The highest BCUT2D eigenvalue weighted by molar-refractivity contribution is 6.89. The summed E-state index contributed by atoms with van der Waals surface area (Å²) in [5.41, 5.74) is 2.58. The Morgan fingerprint density at radius 1 is 0.591 bits per heavy atom. The fourth-order valence-electron chi connectivity index (χ4n) is 2.40. The maximum atomic E-state index is 2.39. The highest BCUT2D eigenvalue weighted by Crippen LogP contribution is 2.10. The average molecular weight is 325 g/mol. The average Bonchev–Trinajstić information content (AvgIpc) is 2.44. The number of hydrogen-bond acceptors (Lipinski definition) is 0. The fraction of sp³-hybridized carbons (Fsp3) is 0.300. The van der Waals surface area contributed by atoms with Gasteiger partial charge in [0.25, 0.3) is 0 Å². The Morgan fingerprint density at radius 2 is 1.14 bits per heavy atom. The Balaban J connectivity index is 2.19. The molecule has 0 spiro atoms. The molecule has 116 valence electrons. The van der Waals surface area contributed by atoms with Gasteiger partial charge in [-0.05, 0) is 11.1 Å². The highest BCUT2D eigenvalue weighted by atomic mass is 28.3. The molecule has 0 aliphatic carbocycles. The van der Waals surface area contributed by atoms with E-state index >= 15 is 0 Å². The summed E-state index contributed by atoms with van der Waals surface area (Å²) in [7, 11) is -2.42. The minimum Gasteiger partial charge on any atom is -0.0656 e. The lowest BCUT2D eigenvalue weighted by Gasteiger charge is -2.17. The van der Waals surface area contributed by atoms with Crippen LogP contribution in [0.2, 0.25) is 39.3 Å². The van der Waals surface area contributed by atoms with E-state index in [1.54, 1.807) is 0 Å². The predicted octanol–water partition coefficient (Wildman–Crippen LogP) is 4.95. The zero-order chi connectivity index (χ0) is 16.4. The van der Waals surface area contributed by atoms with E-state index in [1.165, 1.54) is 21.5 Å². The molecule has 0 bridgehead atoms. The first-order valence-electron chi connectivity index (χ1n) is 8.05. The van der Waals surface area contributed by atoms with Gasteiger partial charge in [0.2, 0.25) is 0 Å². The van der Waals surface area contributed by atoms with E-state index in [4.69, 9.17) is 0 Å². The second-order valence-electron chi connectivity index (χ2n) is 8.08. The van der Waals surface area contributed by atoms with Crippen molar-refractivity contribution in [1.82, 2.24) is 0 Å². The molecule has 0 heterocycles. The van der Waals surface area contributed by atoms with E-state index in [1.807, 2.05) is 0 Å². The predicted molar refractivity (Wildman–Crippen MR) is 108 cm³/mol. The first-order valence-corrected chi connectivity index (χ1v) is 15.1. The van der Waals surface area contributed by atoms with E-state index in [-0.39, 0.29) is 0 Å². The molecule has 0 atom stereocenters. The molecule has 0 saturated carbocycles. The second kappa shape index (κ2) is 6.39. The second-order valence-corrected chi connectivity index (χ2v) is 18.2. The van der Waals surface area contributed by atoms with E-state index in [0.29, 0.717) is 0 Å². The van der Waals surface area contributed by atoms with Crippen LogP contribution in [-0.2, 0) is 0 Å². The summed E-state index contributed by atoms with van der Waals surface area (Å²) in [4.78, 5) is 0. The smallest absolute Gasteiger partial charge is 0.0656 e. The van der Waals surface area contributed by atoms with Crippen LogP contribution in [0.1, 0.15) is 11.1 Å². The Labute approximate surface area is 137 Å². The third-order valence-electron chi connectivity index (χ3n) is 4.00. The number of rotatable bonds is 4. The monoisotopic (exact) mass is 324 g/mol. The molecule has 0 amide bonds. The van der Waals surface area contributed by atoms with Crippen LogP contribution < -0.4 is 10.4 Å². The van der Waals surface area contributed by atoms with E-state index < -0.39 is 16.1 Å². The normalized spacial score (nSPS) is 12.8. The van der Waals surface area contributed by atoms with Crippen molar-refractivity contribution in [2.24, 2.45) is 0 Å². The molecule has 2 aromatic carbocycles. The van der Waals surface area contributed by atoms with E-state index in [9.17, 15) is 0 Å². The zero-order valence-corrected chi connectivity index (χ0v) is 16.8. The van der Waals surface area contributed by atoms with Gasteiger partial charge in [-0.3, -0.25) is 0 Å². The summed E-state index contributed by atoms with van der Waals surface area (Å²) in [5, 5.41) is 3.04.